The second kappa shape index (κ2) is 9.56. The Morgan fingerprint density at radius 3 is 2.24 bits per heavy atom. The van der Waals surface area contributed by atoms with Gasteiger partial charge in [-0.1, -0.05) is 44.2 Å². The molecule has 0 saturated carbocycles. The van der Waals surface area contributed by atoms with Crippen LogP contribution >= 0.6 is 0 Å². The summed E-state index contributed by atoms with van der Waals surface area (Å²) < 4.78 is 5.57. The van der Waals surface area contributed by atoms with Gasteiger partial charge in [0.2, 0.25) is 5.91 Å². The van der Waals surface area contributed by atoms with Gasteiger partial charge in [-0.15, -0.1) is 0 Å². The van der Waals surface area contributed by atoms with Crippen LogP contribution in [0.1, 0.15) is 58.9 Å². The molecule has 0 aliphatic rings. The van der Waals surface area contributed by atoms with Gasteiger partial charge in [0.05, 0.1) is 5.60 Å². The monoisotopic (exact) mass is 349 g/mol. The van der Waals surface area contributed by atoms with Crippen molar-refractivity contribution in [3.8, 4) is 0 Å². The van der Waals surface area contributed by atoms with Crippen LogP contribution in [0.4, 0.5) is 0 Å². The molecule has 0 fully saturated rings. The molecule has 0 saturated heterocycles. The van der Waals surface area contributed by atoms with Gasteiger partial charge in [-0.05, 0) is 38.2 Å². The van der Waals surface area contributed by atoms with Crippen LogP contribution in [0, 0.1) is 5.92 Å². The molecule has 1 amide bonds. The summed E-state index contributed by atoms with van der Waals surface area (Å²) in [6.07, 6.45) is 0.515. The van der Waals surface area contributed by atoms with Gasteiger partial charge in [-0.2, -0.15) is 0 Å². The molecular formula is C20H31NO4. The Morgan fingerprint density at radius 2 is 1.76 bits per heavy atom. The summed E-state index contributed by atoms with van der Waals surface area (Å²) in [5.41, 5.74) is 0.763. The van der Waals surface area contributed by atoms with E-state index in [1.54, 1.807) is 0 Å². The quantitative estimate of drug-likeness (QED) is 0.714. The van der Waals surface area contributed by atoms with Gasteiger partial charge in [0, 0.05) is 19.4 Å². The number of nitrogens with one attached hydrogen (secondary N) is 1. The summed E-state index contributed by atoms with van der Waals surface area (Å²) in [4.78, 5) is 23.8. The second-order valence-corrected chi connectivity index (χ2v) is 7.67. The van der Waals surface area contributed by atoms with E-state index in [4.69, 9.17) is 4.74 Å². The molecule has 5 heteroatoms. The predicted octanol–water partition coefficient (Wildman–Crippen LogP) is 3.59. The van der Waals surface area contributed by atoms with E-state index < -0.39 is 12.0 Å². The lowest BCUT2D eigenvalue weighted by molar-refractivity contribution is -0.142. The summed E-state index contributed by atoms with van der Waals surface area (Å²) >= 11 is 0. The molecule has 0 radical (unpaired) electrons. The third-order valence-electron chi connectivity index (χ3n) is 4.01. The van der Waals surface area contributed by atoms with E-state index in [1.165, 1.54) is 0 Å². The Hall–Kier alpha value is -1.88. The first-order chi connectivity index (χ1) is 11.6. The van der Waals surface area contributed by atoms with Gasteiger partial charge in [0.1, 0.15) is 6.04 Å². The number of aliphatic carboxylic acids is 1. The SMILES string of the molecule is CC(C)C(CC(=O)NC(CCOC(C)(C)C)C(=O)O)c1ccccc1. The molecule has 0 heterocycles. The average Bonchev–Trinajstić information content (AvgIpc) is 2.51. The summed E-state index contributed by atoms with van der Waals surface area (Å²) in [6, 6.07) is 8.92. The predicted molar refractivity (Wildman–Crippen MR) is 98.5 cm³/mol. The summed E-state index contributed by atoms with van der Waals surface area (Å²) in [6.45, 7) is 10.2. The molecule has 0 spiro atoms. The van der Waals surface area contributed by atoms with E-state index in [2.05, 4.69) is 19.2 Å². The normalized spacial score (nSPS) is 14.2. The molecule has 2 unspecified atom stereocenters. The van der Waals surface area contributed by atoms with Crippen LogP contribution < -0.4 is 5.32 Å². The van der Waals surface area contributed by atoms with Crippen LogP contribution in [0.3, 0.4) is 0 Å². The van der Waals surface area contributed by atoms with Gasteiger partial charge >= 0.3 is 5.97 Å². The minimum Gasteiger partial charge on any atom is -0.480 e. The standard InChI is InChI=1S/C20H31NO4/c1-14(2)16(15-9-7-6-8-10-15)13-18(22)21-17(19(23)24)11-12-25-20(3,4)5/h6-10,14,16-17H,11-13H2,1-5H3,(H,21,22)(H,23,24). The fourth-order valence-electron chi connectivity index (χ4n) is 2.63. The molecule has 1 aromatic carbocycles. The number of carboxylic acid groups (broad SMARTS) is 1. The van der Waals surface area contributed by atoms with E-state index in [-0.39, 0.29) is 42.8 Å². The van der Waals surface area contributed by atoms with Crippen molar-refractivity contribution in [3.05, 3.63) is 35.9 Å². The minimum atomic E-state index is -1.04. The Kier molecular flexibility index (Phi) is 8.10. The highest BCUT2D eigenvalue weighted by Gasteiger charge is 2.24. The van der Waals surface area contributed by atoms with Crippen LogP contribution in [-0.4, -0.2) is 35.2 Å². The largest absolute Gasteiger partial charge is 0.480 e. The number of carbonyl (C=O) groups is 2. The second-order valence-electron chi connectivity index (χ2n) is 7.67. The molecule has 25 heavy (non-hydrogen) atoms. The van der Waals surface area contributed by atoms with Gasteiger partial charge in [-0.3, -0.25) is 4.79 Å². The summed E-state index contributed by atoms with van der Waals surface area (Å²) in [5, 5.41) is 12.0. The highest BCUT2D eigenvalue weighted by molar-refractivity contribution is 5.84. The maximum absolute atomic E-state index is 12.4. The van der Waals surface area contributed by atoms with Crippen molar-refractivity contribution >= 4 is 11.9 Å². The van der Waals surface area contributed by atoms with Gasteiger partial charge < -0.3 is 15.2 Å². The maximum atomic E-state index is 12.4. The van der Waals surface area contributed by atoms with E-state index >= 15 is 0 Å². The van der Waals surface area contributed by atoms with Gasteiger partial charge in [-0.25, -0.2) is 4.79 Å². The minimum absolute atomic E-state index is 0.0569. The Bertz CT molecular complexity index is 549. The zero-order valence-corrected chi connectivity index (χ0v) is 15.9. The van der Waals surface area contributed by atoms with Crippen LogP contribution in [0.2, 0.25) is 0 Å². The Balaban J connectivity index is 2.65. The molecule has 0 aliphatic heterocycles. The van der Waals surface area contributed by atoms with Crippen molar-refractivity contribution in [1.82, 2.24) is 5.32 Å². The molecule has 1 aromatic rings. The number of hydrogen-bond acceptors (Lipinski definition) is 3. The van der Waals surface area contributed by atoms with Crippen molar-refractivity contribution < 1.29 is 19.4 Å². The smallest absolute Gasteiger partial charge is 0.326 e. The lowest BCUT2D eigenvalue weighted by atomic mass is 9.85. The number of ether oxygens (including phenoxy) is 1. The van der Waals surface area contributed by atoms with Crippen LogP contribution in [0.25, 0.3) is 0 Å². The molecule has 140 valence electrons. The molecule has 5 nitrogen and oxygen atoms in total. The lowest BCUT2D eigenvalue weighted by Crippen LogP contribution is -2.42. The fourth-order valence-corrected chi connectivity index (χ4v) is 2.63. The first-order valence-electron chi connectivity index (χ1n) is 8.81. The number of carboxylic acids is 1. The number of carbonyl (C=O) groups excluding carboxylic acids is 1. The van der Waals surface area contributed by atoms with Crippen LogP contribution in [0.15, 0.2) is 30.3 Å². The molecule has 0 aromatic heterocycles. The van der Waals surface area contributed by atoms with Crippen LogP contribution in [-0.2, 0) is 14.3 Å². The zero-order valence-electron chi connectivity index (χ0n) is 15.9. The van der Waals surface area contributed by atoms with E-state index in [0.717, 1.165) is 5.56 Å². The molecule has 0 aliphatic carbocycles. The summed E-state index contributed by atoms with van der Waals surface area (Å²) in [5.74, 6) is -0.945. The Morgan fingerprint density at radius 1 is 1.16 bits per heavy atom. The molecule has 1 rings (SSSR count). The number of benzene rings is 1. The Labute approximate surface area is 150 Å². The van der Waals surface area contributed by atoms with E-state index in [0.29, 0.717) is 0 Å². The third kappa shape index (κ3) is 8.16. The topological polar surface area (TPSA) is 75.6 Å². The lowest BCUT2D eigenvalue weighted by Gasteiger charge is -2.23. The van der Waals surface area contributed by atoms with Crippen molar-refractivity contribution in [2.45, 2.75) is 65.0 Å². The van der Waals surface area contributed by atoms with Gasteiger partial charge in [0.15, 0.2) is 0 Å². The number of rotatable bonds is 9. The number of amides is 1. The van der Waals surface area contributed by atoms with Crippen molar-refractivity contribution in [1.29, 1.82) is 0 Å². The highest BCUT2D eigenvalue weighted by atomic mass is 16.5. The van der Waals surface area contributed by atoms with E-state index in [1.807, 2.05) is 51.1 Å². The average molecular weight is 349 g/mol. The summed E-state index contributed by atoms with van der Waals surface area (Å²) in [7, 11) is 0. The van der Waals surface area contributed by atoms with Crippen molar-refractivity contribution in [3.63, 3.8) is 0 Å². The molecule has 2 atom stereocenters. The van der Waals surface area contributed by atoms with E-state index in [9.17, 15) is 14.7 Å². The molecular weight excluding hydrogens is 318 g/mol. The number of hydrogen-bond donors (Lipinski definition) is 2. The zero-order chi connectivity index (χ0) is 19.0. The van der Waals surface area contributed by atoms with Crippen molar-refractivity contribution in [2.24, 2.45) is 5.92 Å². The van der Waals surface area contributed by atoms with Gasteiger partial charge in [0.25, 0.3) is 0 Å². The molecule has 2 N–H and O–H groups in total. The third-order valence-corrected chi connectivity index (χ3v) is 4.01. The fraction of sp³-hybridized carbons (Fsp3) is 0.600. The molecule has 0 bridgehead atoms. The van der Waals surface area contributed by atoms with Crippen LogP contribution in [0.5, 0.6) is 0 Å². The first-order valence-corrected chi connectivity index (χ1v) is 8.81. The maximum Gasteiger partial charge on any atom is 0.326 e. The highest BCUT2D eigenvalue weighted by Crippen LogP contribution is 2.27. The first kappa shape index (κ1) is 21.2. The van der Waals surface area contributed by atoms with Crippen molar-refractivity contribution in [2.75, 3.05) is 6.61 Å².